The molecule has 0 fully saturated rings. The summed E-state index contributed by atoms with van der Waals surface area (Å²) in [7, 11) is 0. The zero-order chi connectivity index (χ0) is 21.2. The molecule has 0 aliphatic rings. The van der Waals surface area contributed by atoms with Crippen LogP contribution in [0.3, 0.4) is 0 Å². The van der Waals surface area contributed by atoms with Crippen molar-refractivity contribution < 1.29 is 4.79 Å². The summed E-state index contributed by atoms with van der Waals surface area (Å²) < 4.78 is 4.74. The Balaban J connectivity index is 1.36. The second kappa shape index (κ2) is 7.75. The van der Waals surface area contributed by atoms with Gasteiger partial charge in [0.25, 0.3) is 5.91 Å². The third-order valence-electron chi connectivity index (χ3n) is 4.92. The Hall–Kier alpha value is -4.46. The number of hydrogen-bond donors (Lipinski definition) is 1. The molecule has 152 valence electrons. The lowest BCUT2D eigenvalue weighted by molar-refractivity contribution is 0.102. The Labute approximate surface area is 177 Å². The van der Waals surface area contributed by atoms with E-state index >= 15 is 0 Å². The Kier molecular flexibility index (Phi) is 4.64. The second-order valence-electron chi connectivity index (χ2n) is 7.04. The number of nitrogens with zero attached hydrogens (tertiary/aromatic N) is 5. The largest absolute Gasteiger partial charge is 0.350 e. The van der Waals surface area contributed by atoms with Gasteiger partial charge in [0.15, 0.2) is 5.65 Å². The first-order chi connectivity index (χ1) is 15.2. The van der Waals surface area contributed by atoms with Gasteiger partial charge in [0.2, 0.25) is 0 Å². The molecule has 0 spiro atoms. The Morgan fingerprint density at radius 1 is 0.968 bits per heavy atom. The zero-order valence-corrected chi connectivity index (χ0v) is 16.4. The Morgan fingerprint density at radius 3 is 2.71 bits per heavy atom. The van der Waals surface area contributed by atoms with Crippen molar-refractivity contribution >= 4 is 17.2 Å². The predicted molar refractivity (Wildman–Crippen MR) is 117 cm³/mol. The molecular weight excluding hydrogens is 392 g/mol. The van der Waals surface area contributed by atoms with Crippen molar-refractivity contribution in [2.24, 2.45) is 0 Å². The maximum absolute atomic E-state index is 12.8. The number of fused-ring (bicyclic) bond motifs is 1. The topological polar surface area (TPSA) is 86.2 Å². The molecule has 0 radical (unpaired) electrons. The fourth-order valence-corrected chi connectivity index (χ4v) is 3.41. The summed E-state index contributed by atoms with van der Waals surface area (Å²) in [5.74, 6) is -0.219. The summed E-state index contributed by atoms with van der Waals surface area (Å²) in [5.41, 5.74) is 3.28. The molecule has 8 heteroatoms. The second-order valence-corrected chi connectivity index (χ2v) is 7.04. The smallest absolute Gasteiger partial charge is 0.322 e. The van der Waals surface area contributed by atoms with Gasteiger partial charge in [-0.25, -0.2) is 14.5 Å². The molecule has 3 aromatic heterocycles. The maximum atomic E-state index is 12.8. The molecule has 5 rings (SSSR count). The van der Waals surface area contributed by atoms with Crippen molar-refractivity contribution in [2.75, 3.05) is 5.32 Å². The number of carbonyl (C=O) groups is 1. The minimum Gasteiger partial charge on any atom is -0.322 e. The van der Waals surface area contributed by atoms with Crippen LogP contribution in [-0.2, 0) is 6.54 Å². The van der Waals surface area contributed by atoms with E-state index in [4.69, 9.17) is 0 Å². The van der Waals surface area contributed by atoms with Crippen molar-refractivity contribution in [1.29, 1.82) is 0 Å². The van der Waals surface area contributed by atoms with Gasteiger partial charge in [-0.3, -0.25) is 9.20 Å². The first kappa shape index (κ1) is 18.6. The van der Waals surface area contributed by atoms with Crippen LogP contribution in [0.1, 0.15) is 15.9 Å². The van der Waals surface area contributed by atoms with Crippen molar-refractivity contribution in [2.45, 2.75) is 6.54 Å². The minimum absolute atomic E-state index is 0.207. The summed E-state index contributed by atoms with van der Waals surface area (Å²) in [6.07, 6.45) is 6.88. The molecule has 1 N–H and O–H groups in total. The molecule has 31 heavy (non-hydrogen) atoms. The molecule has 0 aliphatic carbocycles. The summed E-state index contributed by atoms with van der Waals surface area (Å²) in [4.78, 5) is 29.3. The van der Waals surface area contributed by atoms with E-state index in [0.717, 1.165) is 11.3 Å². The SMILES string of the molecule is O=C(Nc1cccc(Cn2nc3ccccn3c2=O)c1)c1cccc(-n2ccnc2)c1. The van der Waals surface area contributed by atoms with Crippen LogP contribution in [0.25, 0.3) is 11.3 Å². The van der Waals surface area contributed by atoms with Gasteiger partial charge in [-0.05, 0) is 48.0 Å². The average Bonchev–Trinajstić information content (AvgIpc) is 3.43. The fourth-order valence-electron chi connectivity index (χ4n) is 3.41. The number of aromatic nitrogens is 5. The highest BCUT2D eigenvalue weighted by Gasteiger charge is 2.10. The molecule has 3 heterocycles. The van der Waals surface area contributed by atoms with Crippen LogP contribution in [0.5, 0.6) is 0 Å². The van der Waals surface area contributed by atoms with Gasteiger partial charge in [-0.2, -0.15) is 0 Å². The van der Waals surface area contributed by atoms with Gasteiger partial charge in [0.05, 0.1) is 12.9 Å². The fraction of sp³-hybridized carbons (Fsp3) is 0.0435. The number of pyridine rings is 1. The molecule has 0 saturated carbocycles. The van der Waals surface area contributed by atoms with Gasteiger partial charge in [0.1, 0.15) is 0 Å². The van der Waals surface area contributed by atoms with Crippen LogP contribution in [-0.4, -0.2) is 29.6 Å². The average molecular weight is 410 g/mol. The molecular formula is C23H18N6O2. The van der Waals surface area contributed by atoms with Crippen molar-refractivity contribution in [1.82, 2.24) is 23.7 Å². The third kappa shape index (κ3) is 3.74. The summed E-state index contributed by atoms with van der Waals surface area (Å²) >= 11 is 0. The van der Waals surface area contributed by atoms with Gasteiger partial charge in [0, 0.05) is 35.5 Å². The quantitative estimate of drug-likeness (QED) is 0.483. The van der Waals surface area contributed by atoms with Crippen molar-refractivity contribution in [3.63, 3.8) is 0 Å². The van der Waals surface area contributed by atoms with Crippen LogP contribution >= 0.6 is 0 Å². The van der Waals surface area contributed by atoms with Crippen LogP contribution < -0.4 is 11.0 Å². The zero-order valence-electron chi connectivity index (χ0n) is 16.4. The lowest BCUT2D eigenvalue weighted by atomic mass is 10.1. The number of imidazole rings is 1. The molecule has 0 aliphatic heterocycles. The number of amides is 1. The van der Waals surface area contributed by atoms with E-state index in [0.29, 0.717) is 23.4 Å². The Morgan fingerprint density at radius 2 is 1.87 bits per heavy atom. The molecule has 0 bridgehead atoms. The first-order valence-corrected chi connectivity index (χ1v) is 9.70. The first-order valence-electron chi connectivity index (χ1n) is 9.70. The summed E-state index contributed by atoms with van der Waals surface area (Å²) in [6.45, 7) is 0.306. The number of benzene rings is 2. The number of nitrogens with one attached hydrogen (secondary N) is 1. The van der Waals surface area contributed by atoms with E-state index in [1.54, 1.807) is 43.0 Å². The van der Waals surface area contributed by atoms with Gasteiger partial charge < -0.3 is 9.88 Å². The highest BCUT2D eigenvalue weighted by molar-refractivity contribution is 6.04. The molecule has 0 unspecified atom stereocenters. The van der Waals surface area contributed by atoms with Gasteiger partial charge in [-0.1, -0.05) is 24.3 Å². The van der Waals surface area contributed by atoms with Crippen LogP contribution in [0, 0.1) is 0 Å². The van der Waals surface area contributed by atoms with E-state index in [-0.39, 0.29) is 11.6 Å². The minimum atomic E-state index is -0.219. The molecule has 0 saturated heterocycles. The van der Waals surface area contributed by atoms with E-state index in [1.165, 1.54) is 9.08 Å². The Bertz CT molecular complexity index is 1430. The predicted octanol–water partition coefficient (Wildman–Crippen LogP) is 2.98. The van der Waals surface area contributed by atoms with E-state index in [2.05, 4.69) is 15.4 Å². The number of rotatable bonds is 5. The van der Waals surface area contributed by atoms with Crippen molar-refractivity contribution in [3.05, 3.63) is 113 Å². The van der Waals surface area contributed by atoms with Crippen LogP contribution in [0.4, 0.5) is 5.69 Å². The van der Waals surface area contributed by atoms with Gasteiger partial charge >= 0.3 is 5.69 Å². The normalized spacial score (nSPS) is 11.0. The monoisotopic (exact) mass is 410 g/mol. The number of hydrogen-bond acceptors (Lipinski definition) is 4. The maximum Gasteiger partial charge on any atom is 0.350 e. The van der Waals surface area contributed by atoms with Gasteiger partial charge in [-0.15, -0.1) is 5.10 Å². The molecule has 8 nitrogen and oxygen atoms in total. The molecule has 5 aromatic rings. The lowest BCUT2D eigenvalue weighted by Gasteiger charge is -2.09. The third-order valence-corrected chi connectivity index (χ3v) is 4.92. The van der Waals surface area contributed by atoms with Crippen molar-refractivity contribution in [3.8, 4) is 5.69 Å². The number of carbonyl (C=O) groups excluding carboxylic acids is 1. The van der Waals surface area contributed by atoms with Crippen LogP contribution in [0.2, 0.25) is 0 Å². The summed E-state index contributed by atoms with van der Waals surface area (Å²) in [5, 5.41) is 7.27. The number of anilines is 1. The lowest BCUT2D eigenvalue weighted by Crippen LogP contribution is -2.21. The van der Waals surface area contributed by atoms with E-state index in [1.807, 2.05) is 53.2 Å². The molecule has 2 aromatic carbocycles. The van der Waals surface area contributed by atoms with E-state index < -0.39 is 0 Å². The summed E-state index contributed by atoms with van der Waals surface area (Å²) in [6, 6.07) is 20.1. The van der Waals surface area contributed by atoms with E-state index in [9.17, 15) is 9.59 Å². The molecule has 0 atom stereocenters. The van der Waals surface area contributed by atoms with Crippen LogP contribution in [0.15, 0.2) is 96.4 Å². The standard InChI is InChI=1S/C23H18N6O2/c30-22(18-6-4-8-20(14-18)27-12-10-24-16-27)25-19-7-3-5-17(13-19)15-29-23(31)28-11-2-1-9-21(28)26-29/h1-14,16H,15H2,(H,25,30). The highest BCUT2D eigenvalue weighted by atomic mass is 16.2. The highest BCUT2D eigenvalue weighted by Crippen LogP contribution is 2.15. The molecule has 1 amide bonds.